The summed E-state index contributed by atoms with van der Waals surface area (Å²) in [6, 6.07) is 11.8. The summed E-state index contributed by atoms with van der Waals surface area (Å²) in [5.74, 6) is 0.690. The summed E-state index contributed by atoms with van der Waals surface area (Å²) < 4.78 is 10.9. The molecule has 28 heavy (non-hydrogen) atoms. The maximum atomic E-state index is 12.6. The molecule has 2 atom stereocenters. The molecule has 6 nitrogen and oxygen atoms in total. The molecule has 0 saturated carbocycles. The fourth-order valence-corrected chi connectivity index (χ4v) is 3.75. The van der Waals surface area contributed by atoms with E-state index in [1.54, 1.807) is 6.07 Å². The number of para-hydroxylation sites is 1. The van der Waals surface area contributed by atoms with Gasteiger partial charge in [0.15, 0.2) is 0 Å². The van der Waals surface area contributed by atoms with E-state index in [0.29, 0.717) is 19.1 Å². The van der Waals surface area contributed by atoms with E-state index in [4.69, 9.17) is 9.26 Å². The summed E-state index contributed by atoms with van der Waals surface area (Å²) in [6.45, 7) is 5.35. The molecule has 1 aliphatic rings. The van der Waals surface area contributed by atoms with Gasteiger partial charge in [-0.05, 0) is 36.5 Å². The SMILES string of the molecule is CC(C)Cc1cc(C(=O)N[C@@H]2COC[C@H]2Cc2ccnc3ccccc23)on1. The van der Waals surface area contributed by atoms with E-state index in [1.165, 1.54) is 5.56 Å². The number of nitrogens with zero attached hydrogens (tertiary/aromatic N) is 2. The lowest BCUT2D eigenvalue weighted by Crippen LogP contribution is -2.40. The number of carbonyl (C=O) groups excluding carboxylic acids is 1. The molecule has 0 spiro atoms. The van der Waals surface area contributed by atoms with Gasteiger partial charge in [0, 0.05) is 23.6 Å². The number of nitrogens with one attached hydrogen (secondary N) is 1. The number of fused-ring (bicyclic) bond motifs is 1. The highest BCUT2D eigenvalue weighted by atomic mass is 16.5. The molecule has 1 saturated heterocycles. The Morgan fingerprint density at radius 2 is 2.11 bits per heavy atom. The number of hydrogen-bond acceptors (Lipinski definition) is 5. The number of ether oxygens (including phenoxy) is 1. The Labute approximate surface area is 164 Å². The van der Waals surface area contributed by atoms with Gasteiger partial charge >= 0.3 is 0 Å². The number of aromatic nitrogens is 2. The smallest absolute Gasteiger partial charge is 0.290 e. The van der Waals surface area contributed by atoms with Gasteiger partial charge in [0.05, 0.1) is 30.5 Å². The van der Waals surface area contributed by atoms with Crippen LogP contribution in [-0.2, 0) is 17.6 Å². The van der Waals surface area contributed by atoms with E-state index in [2.05, 4.69) is 35.4 Å². The van der Waals surface area contributed by atoms with Gasteiger partial charge in [-0.15, -0.1) is 0 Å². The molecule has 2 aromatic heterocycles. The third-order valence-electron chi connectivity index (χ3n) is 5.14. The van der Waals surface area contributed by atoms with Gasteiger partial charge in [-0.25, -0.2) is 0 Å². The number of rotatable bonds is 6. The summed E-state index contributed by atoms with van der Waals surface area (Å²) >= 11 is 0. The number of hydrogen-bond donors (Lipinski definition) is 1. The average molecular weight is 379 g/mol. The monoisotopic (exact) mass is 379 g/mol. The van der Waals surface area contributed by atoms with Crippen molar-refractivity contribution in [3.05, 3.63) is 59.6 Å². The molecule has 0 bridgehead atoms. The van der Waals surface area contributed by atoms with Gasteiger partial charge in [-0.3, -0.25) is 9.78 Å². The van der Waals surface area contributed by atoms with E-state index in [1.807, 2.05) is 30.5 Å². The summed E-state index contributed by atoms with van der Waals surface area (Å²) in [5.41, 5.74) is 3.01. The molecule has 1 N–H and O–H groups in total. The molecule has 1 aliphatic heterocycles. The molecule has 3 aromatic rings. The molecule has 1 fully saturated rings. The minimum atomic E-state index is -0.234. The predicted octanol–water partition coefficient (Wildman–Crippen LogP) is 3.41. The van der Waals surface area contributed by atoms with Crippen molar-refractivity contribution in [1.82, 2.24) is 15.5 Å². The second kappa shape index (κ2) is 8.10. The quantitative estimate of drug-likeness (QED) is 0.710. The van der Waals surface area contributed by atoms with Crippen LogP contribution in [0.2, 0.25) is 0 Å². The molecule has 3 heterocycles. The molecule has 1 aromatic carbocycles. The van der Waals surface area contributed by atoms with Crippen LogP contribution in [0.3, 0.4) is 0 Å². The summed E-state index contributed by atoms with van der Waals surface area (Å²) in [5, 5.41) is 8.21. The summed E-state index contributed by atoms with van der Waals surface area (Å²) in [6.07, 6.45) is 3.45. The zero-order valence-corrected chi connectivity index (χ0v) is 16.2. The van der Waals surface area contributed by atoms with Crippen molar-refractivity contribution in [2.75, 3.05) is 13.2 Å². The van der Waals surface area contributed by atoms with E-state index in [0.717, 1.165) is 29.4 Å². The molecule has 6 heteroatoms. The van der Waals surface area contributed by atoms with Crippen molar-refractivity contribution in [3.8, 4) is 0 Å². The molecule has 4 rings (SSSR count). The Balaban J connectivity index is 1.45. The Morgan fingerprint density at radius 1 is 1.25 bits per heavy atom. The van der Waals surface area contributed by atoms with Gasteiger partial charge in [0.1, 0.15) is 0 Å². The van der Waals surface area contributed by atoms with Crippen molar-refractivity contribution in [2.45, 2.75) is 32.7 Å². The van der Waals surface area contributed by atoms with E-state index < -0.39 is 0 Å². The second-order valence-electron chi connectivity index (χ2n) is 7.85. The van der Waals surface area contributed by atoms with Gasteiger partial charge in [0.25, 0.3) is 5.91 Å². The second-order valence-corrected chi connectivity index (χ2v) is 7.85. The average Bonchev–Trinajstić information content (AvgIpc) is 3.31. The van der Waals surface area contributed by atoms with Gasteiger partial charge in [-0.1, -0.05) is 37.2 Å². The minimum absolute atomic E-state index is 0.0573. The number of carbonyl (C=O) groups is 1. The number of amides is 1. The van der Waals surface area contributed by atoms with Crippen LogP contribution in [0.15, 0.2) is 47.1 Å². The Bertz CT molecular complexity index is 961. The molecule has 0 aliphatic carbocycles. The highest BCUT2D eigenvalue weighted by molar-refractivity contribution is 5.91. The van der Waals surface area contributed by atoms with Crippen LogP contribution >= 0.6 is 0 Å². The van der Waals surface area contributed by atoms with Crippen molar-refractivity contribution in [2.24, 2.45) is 11.8 Å². The Hall–Kier alpha value is -2.73. The van der Waals surface area contributed by atoms with Crippen molar-refractivity contribution < 1.29 is 14.1 Å². The van der Waals surface area contributed by atoms with Gasteiger partial charge in [0.2, 0.25) is 5.76 Å². The fraction of sp³-hybridized carbons (Fsp3) is 0.409. The van der Waals surface area contributed by atoms with Crippen molar-refractivity contribution in [1.29, 1.82) is 0 Å². The highest BCUT2D eigenvalue weighted by Crippen LogP contribution is 2.24. The van der Waals surface area contributed by atoms with Gasteiger partial charge < -0.3 is 14.6 Å². The lowest BCUT2D eigenvalue weighted by atomic mass is 9.93. The normalized spacial score (nSPS) is 19.4. The standard InChI is InChI=1S/C22H25N3O3/c1-14(2)9-17-11-21(28-25-17)22(26)24-20-13-27-12-16(20)10-15-7-8-23-19-6-4-3-5-18(15)19/h3-8,11,14,16,20H,9-10,12-13H2,1-2H3,(H,24,26)/t16-,20-/m1/s1. The lowest BCUT2D eigenvalue weighted by molar-refractivity contribution is 0.0887. The maximum Gasteiger partial charge on any atom is 0.290 e. The number of benzene rings is 1. The summed E-state index contributed by atoms with van der Waals surface area (Å²) in [7, 11) is 0. The maximum absolute atomic E-state index is 12.6. The molecule has 0 unspecified atom stereocenters. The predicted molar refractivity (Wildman–Crippen MR) is 106 cm³/mol. The first kappa shape index (κ1) is 18.6. The third-order valence-corrected chi connectivity index (χ3v) is 5.14. The largest absolute Gasteiger partial charge is 0.379 e. The van der Waals surface area contributed by atoms with Crippen LogP contribution in [0.5, 0.6) is 0 Å². The first-order valence-electron chi connectivity index (χ1n) is 9.77. The summed E-state index contributed by atoms with van der Waals surface area (Å²) in [4.78, 5) is 17.0. The van der Waals surface area contributed by atoms with Crippen molar-refractivity contribution >= 4 is 16.8 Å². The Kier molecular flexibility index (Phi) is 5.39. The van der Waals surface area contributed by atoms with Crippen LogP contribution in [0.25, 0.3) is 10.9 Å². The van der Waals surface area contributed by atoms with Crippen LogP contribution in [0, 0.1) is 11.8 Å². The molecular weight excluding hydrogens is 354 g/mol. The molecular formula is C22H25N3O3. The highest BCUT2D eigenvalue weighted by Gasteiger charge is 2.31. The van der Waals surface area contributed by atoms with E-state index in [9.17, 15) is 4.79 Å². The zero-order chi connectivity index (χ0) is 19.5. The first-order chi connectivity index (χ1) is 13.6. The van der Waals surface area contributed by atoms with E-state index in [-0.39, 0.29) is 23.6 Å². The minimum Gasteiger partial charge on any atom is -0.379 e. The third kappa shape index (κ3) is 4.07. The molecule has 0 radical (unpaired) electrons. The Morgan fingerprint density at radius 3 is 2.96 bits per heavy atom. The molecule has 146 valence electrons. The molecule has 1 amide bonds. The van der Waals surface area contributed by atoms with Crippen LogP contribution in [0.1, 0.15) is 35.7 Å². The lowest BCUT2D eigenvalue weighted by Gasteiger charge is -2.19. The van der Waals surface area contributed by atoms with Crippen molar-refractivity contribution in [3.63, 3.8) is 0 Å². The van der Waals surface area contributed by atoms with Gasteiger partial charge in [-0.2, -0.15) is 0 Å². The van der Waals surface area contributed by atoms with E-state index >= 15 is 0 Å². The van der Waals surface area contributed by atoms with Crippen LogP contribution in [-0.4, -0.2) is 35.3 Å². The fourth-order valence-electron chi connectivity index (χ4n) is 3.75. The first-order valence-corrected chi connectivity index (χ1v) is 9.77. The number of pyridine rings is 1. The zero-order valence-electron chi connectivity index (χ0n) is 16.2. The van der Waals surface area contributed by atoms with Crippen LogP contribution in [0.4, 0.5) is 0 Å². The topological polar surface area (TPSA) is 77.2 Å². The van der Waals surface area contributed by atoms with Crippen LogP contribution < -0.4 is 5.32 Å².